The van der Waals surface area contributed by atoms with E-state index in [-0.39, 0.29) is 17.2 Å². The van der Waals surface area contributed by atoms with Crippen molar-refractivity contribution in [2.75, 3.05) is 0 Å². The number of ketones is 1. The van der Waals surface area contributed by atoms with E-state index < -0.39 is 0 Å². The minimum Gasteiger partial charge on any atom is -0.430 e. The Bertz CT molecular complexity index is 741. The molecular formula is C25H36O3. The Morgan fingerprint density at radius 3 is 2.11 bits per heavy atom. The lowest BCUT2D eigenvalue weighted by atomic mass is 9.80. The SMILES string of the molecule is CCCCCC(=O)O/C(=C(/C(C)=O)c1c(C)cc(C)cc1C)C1(C)CCCC1. The van der Waals surface area contributed by atoms with Gasteiger partial charge in [-0.3, -0.25) is 9.59 Å². The van der Waals surface area contributed by atoms with E-state index in [4.69, 9.17) is 4.74 Å². The third-order valence-corrected chi connectivity index (χ3v) is 5.96. The average Bonchev–Trinajstić information content (AvgIpc) is 3.04. The van der Waals surface area contributed by atoms with E-state index in [0.29, 0.717) is 17.8 Å². The van der Waals surface area contributed by atoms with Crippen LogP contribution >= 0.6 is 0 Å². The van der Waals surface area contributed by atoms with Crippen molar-refractivity contribution in [3.8, 4) is 0 Å². The van der Waals surface area contributed by atoms with E-state index >= 15 is 0 Å². The zero-order valence-electron chi connectivity index (χ0n) is 18.5. The first kappa shape index (κ1) is 22.4. The molecule has 0 saturated heterocycles. The molecule has 28 heavy (non-hydrogen) atoms. The van der Waals surface area contributed by atoms with E-state index in [1.807, 2.05) is 13.8 Å². The summed E-state index contributed by atoms with van der Waals surface area (Å²) in [4.78, 5) is 25.5. The van der Waals surface area contributed by atoms with E-state index in [0.717, 1.165) is 61.6 Å². The topological polar surface area (TPSA) is 43.4 Å². The van der Waals surface area contributed by atoms with Crippen molar-refractivity contribution in [1.82, 2.24) is 0 Å². The highest BCUT2D eigenvalue weighted by Gasteiger charge is 2.39. The van der Waals surface area contributed by atoms with Gasteiger partial charge in [0.05, 0.1) is 5.57 Å². The molecule has 154 valence electrons. The number of aryl methyl sites for hydroxylation is 3. The highest BCUT2D eigenvalue weighted by Crippen LogP contribution is 2.48. The summed E-state index contributed by atoms with van der Waals surface area (Å²) in [6.07, 6.45) is 7.42. The van der Waals surface area contributed by atoms with Crippen molar-refractivity contribution < 1.29 is 14.3 Å². The van der Waals surface area contributed by atoms with Crippen LogP contribution in [0.3, 0.4) is 0 Å². The molecule has 1 aromatic carbocycles. The second kappa shape index (κ2) is 9.54. The number of rotatable bonds is 8. The second-order valence-electron chi connectivity index (χ2n) is 8.73. The molecule has 0 aliphatic heterocycles. The molecule has 3 nitrogen and oxygen atoms in total. The average molecular weight is 385 g/mol. The molecule has 1 aliphatic rings. The lowest BCUT2D eigenvalue weighted by Crippen LogP contribution is -2.24. The first-order chi connectivity index (χ1) is 13.2. The summed E-state index contributed by atoms with van der Waals surface area (Å²) in [6.45, 7) is 12.0. The molecule has 1 aromatic rings. The largest absolute Gasteiger partial charge is 0.430 e. The van der Waals surface area contributed by atoms with Crippen LogP contribution in [0.5, 0.6) is 0 Å². The first-order valence-corrected chi connectivity index (χ1v) is 10.7. The molecule has 0 radical (unpaired) electrons. The van der Waals surface area contributed by atoms with Gasteiger partial charge in [-0.2, -0.15) is 0 Å². The number of hydrogen-bond acceptors (Lipinski definition) is 3. The van der Waals surface area contributed by atoms with E-state index in [9.17, 15) is 9.59 Å². The fourth-order valence-corrected chi connectivity index (χ4v) is 4.57. The maximum atomic E-state index is 12.9. The normalized spacial score (nSPS) is 16.6. The van der Waals surface area contributed by atoms with E-state index in [1.165, 1.54) is 5.56 Å². The summed E-state index contributed by atoms with van der Waals surface area (Å²) in [5, 5.41) is 0. The zero-order chi connectivity index (χ0) is 20.9. The Morgan fingerprint density at radius 1 is 1.04 bits per heavy atom. The van der Waals surface area contributed by atoms with Crippen molar-refractivity contribution in [3.05, 3.63) is 40.1 Å². The molecule has 0 heterocycles. The van der Waals surface area contributed by atoms with Crippen molar-refractivity contribution in [3.63, 3.8) is 0 Å². The number of benzene rings is 1. The first-order valence-electron chi connectivity index (χ1n) is 10.7. The number of Topliss-reactive ketones (excluding diaryl/α,β-unsaturated/α-hetero) is 1. The third-order valence-electron chi connectivity index (χ3n) is 5.96. The second-order valence-corrected chi connectivity index (χ2v) is 8.73. The summed E-state index contributed by atoms with van der Waals surface area (Å²) in [7, 11) is 0. The van der Waals surface area contributed by atoms with Crippen LogP contribution in [0.2, 0.25) is 0 Å². The Balaban J connectivity index is 2.60. The van der Waals surface area contributed by atoms with Gasteiger partial charge in [0.1, 0.15) is 5.76 Å². The van der Waals surface area contributed by atoms with E-state index in [2.05, 4.69) is 32.9 Å². The fourth-order valence-electron chi connectivity index (χ4n) is 4.57. The Kier molecular flexibility index (Phi) is 7.63. The molecule has 0 aromatic heterocycles. The van der Waals surface area contributed by atoms with Gasteiger partial charge in [-0.05, 0) is 63.6 Å². The molecular weight excluding hydrogens is 348 g/mol. The van der Waals surface area contributed by atoms with Gasteiger partial charge in [0.15, 0.2) is 5.78 Å². The predicted molar refractivity (Wildman–Crippen MR) is 115 cm³/mol. The van der Waals surface area contributed by atoms with Crippen molar-refractivity contribution >= 4 is 17.3 Å². The number of esters is 1. The summed E-state index contributed by atoms with van der Waals surface area (Å²) in [6, 6.07) is 4.20. The monoisotopic (exact) mass is 384 g/mol. The molecule has 1 fully saturated rings. The summed E-state index contributed by atoms with van der Waals surface area (Å²) in [5.41, 5.74) is 4.57. The van der Waals surface area contributed by atoms with Gasteiger partial charge in [-0.15, -0.1) is 0 Å². The van der Waals surface area contributed by atoms with Crippen LogP contribution in [-0.4, -0.2) is 11.8 Å². The van der Waals surface area contributed by atoms with Crippen LogP contribution in [-0.2, 0) is 14.3 Å². The lowest BCUT2D eigenvalue weighted by molar-refractivity contribution is -0.141. The molecule has 0 spiro atoms. The van der Waals surface area contributed by atoms with Crippen molar-refractivity contribution in [1.29, 1.82) is 0 Å². The molecule has 0 bridgehead atoms. The van der Waals surface area contributed by atoms with Crippen LogP contribution < -0.4 is 0 Å². The molecule has 0 unspecified atom stereocenters. The molecule has 1 saturated carbocycles. The predicted octanol–water partition coefficient (Wildman–Crippen LogP) is 6.62. The molecule has 3 heteroatoms. The highest BCUT2D eigenvalue weighted by molar-refractivity contribution is 6.21. The molecule has 0 N–H and O–H groups in total. The minimum atomic E-state index is -0.259. The van der Waals surface area contributed by atoms with Gasteiger partial charge in [0.2, 0.25) is 0 Å². The highest BCUT2D eigenvalue weighted by atomic mass is 16.5. The Hall–Kier alpha value is -1.90. The van der Waals surface area contributed by atoms with Crippen LogP contribution in [0.1, 0.15) is 94.4 Å². The van der Waals surface area contributed by atoms with Gasteiger partial charge < -0.3 is 4.74 Å². The maximum Gasteiger partial charge on any atom is 0.310 e. The molecule has 0 atom stereocenters. The number of allylic oxidation sites excluding steroid dienone is 2. The minimum absolute atomic E-state index is 0.0282. The van der Waals surface area contributed by atoms with Crippen LogP contribution in [0.25, 0.3) is 5.57 Å². The summed E-state index contributed by atoms with van der Waals surface area (Å²) < 4.78 is 6.02. The molecule has 1 aliphatic carbocycles. The zero-order valence-corrected chi connectivity index (χ0v) is 18.5. The quantitative estimate of drug-likeness (QED) is 0.219. The summed E-state index contributed by atoms with van der Waals surface area (Å²) >= 11 is 0. The Morgan fingerprint density at radius 2 is 1.61 bits per heavy atom. The van der Waals surface area contributed by atoms with Crippen LogP contribution in [0, 0.1) is 26.2 Å². The number of ether oxygens (including phenoxy) is 1. The maximum absolute atomic E-state index is 12.9. The fraction of sp³-hybridized carbons (Fsp3) is 0.600. The van der Waals surface area contributed by atoms with Gasteiger partial charge in [-0.25, -0.2) is 0 Å². The van der Waals surface area contributed by atoms with E-state index in [1.54, 1.807) is 6.92 Å². The number of hydrogen-bond donors (Lipinski definition) is 0. The number of carbonyl (C=O) groups is 2. The molecule has 2 rings (SSSR count). The van der Waals surface area contributed by atoms with Crippen molar-refractivity contribution in [2.24, 2.45) is 5.41 Å². The molecule has 0 amide bonds. The number of unbranched alkanes of at least 4 members (excludes halogenated alkanes) is 2. The summed E-state index contributed by atoms with van der Waals surface area (Å²) in [5.74, 6) is 0.367. The smallest absolute Gasteiger partial charge is 0.310 e. The standard InChI is InChI=1S/C25H36O3/c1-7-8-9-12-21(27)28-24(25(6)13-10-11-14-25)23(20(5)26)22-18(3)15-17(2)16-19(22)4/h15-16H,7-14H2,1-6H3/b24-23-. The van der Waals surface area contributed by atoms with Gasteiger partial charge in [-0.1, -0.05) is 57.2 Å². The van der Waals surface area contributed by atoms with Gasteiger partial charge in [0, 0.05) is 11.8 Å². The van der Waals surface area contributed by atoms with Crippen LogP contribution in [0.4, 0.5) is 0 Å². The number of carbonyl (C=O) groups excluding carboxylic acids is 2. The Labute approximate surface area is 170 Å². The lowest BCUT2D eigenvalue weighted by Gasteiger charge is -2.30. The third kappa shape index (κ3) is 5.12. The van der Waals surface area contributed by atoms with Crippen LogP contribution in [0.15, 0.2) is 17.9 Å². The van der Waals surface area contributed by atoms with Gasteiger partial charge >= 0.3 is 5.97 Å². The van der Waals surface area contributed by atoms with Gasteiger partial charge in [0.25, 0.3) is 0 Å². The van der Waals surface area contributed by atoms with Crippen molar-refractivity contribution in [2.45, 2.75) is 92.9 Å².